The molecule has 8 nitrogen and oxygen atoms in total. The van der Waals surface area contributed by atoms with E-state index < -0.39 is 5.97 Å². The summed E-state index contributed by atoms with van der Waals surface area (Å²) in [5.74, 6) is 3.43. The van der Waals surface area contributed by atoms with Gasteiger partial charge >= 0.3 is 5.97 Å². The minimum Gasteiger partial charge on any atom is -0.481 e. The lowest BCUT2D eigenvalue weighted by Crippen LogP contribution is -2.37. The third-order valence-corrected chi connectivity index (χ3v) is 3.03. The van der Waals surface area contributed by atoms with Crippen LogP contribution in [-0.2, 0) is 28.5 Å². The molecule has 0 rings (SSSR count). The van der Waals surface area contributed by atoms with E-state index in [4.69, 9.17) is 36.9 Å². The number of amides is 1. The van der Waals surface area contributed by atoms with Crippen LogP contribution >= 0.6 is 0 Å². The Morgan fingerprint density at radius 1 is 0.769 bits per heavy atom. The molecule has 0 aliphatic rings. The topological polar surface area (TPSA) is 94.5 Å². The Labute approximate surface area is 154 Å². The third-order valence-electron chi connectivity index (χ3n) is 3.03. The third kappa shape index (κ3) is 15.4. The van der Waals surface area contributed by atoms with Crippen molar-refractivity contribution in [3.05, 3.63) is 0 Å². The molecule has 0 bridgehead atoms. The fourth-order valence-electron chi connectivity index (χ4n) is 1.78. The summed E-state index contributed by atoms with van der Waals surface area (Å²) in [6.07, 6.45) is 9.83. The highest BCUT2D eigenvalue weighted by atomic mass is 16.5. The van der Waals surface area contributed by atoms with Crippen molar-refractivity contribution in [2.75, 3.05) is 65.9 Å². The molecule has 1 amide bonds. The van der Waals surface area contributed by atoms with Gasteiger partial charge in [0.25, 0.3) is 0 Å². The smallest absolute Gasteiger partial charge is 0.303 e. The van der Waals surface area contributed by atoms with Gasteiger partial charge < -0.3 is 29.0 Å². The van der Waals surface area contributed by atoms with Gasteiger partial charge in [0.2, 0.25) is 5.91 Å². The molecule has 0 saturated carbocycles. The summed E-state index contributed by atoms with van der Waals surface area (Å²) in [6, 6.07) is 0. The number of carbonyl (C=O) groups is 2. The van der Waals surface area contributed by atoms with Crippen LogP contribution in [0.2, 0.25) is 0 Å². The molecule has 0 heterocycles. The molecule has 0 fully saturated rings. The normalized spacial score (nSPS) is 10.1. The maximum absolute atomic E-state index is 12.1. The fraction of sp³-hybridized carbons (Fsp3) is 0.667. The van der Waals surface area contributed by atoms with E-state index >= 15 is 0 Å². The number of nitrogens with zero attached hydrogens (tertiary/aromatic N) is 1. The first-order valence-corrected chi connectivity index (χ1v) is 8.29. The van der Waals surface area contributed by atoms with E-state index in [0.29, 0.717) is 52.7 Å². The van der Waals surface area contributed by atoms with Gasteiger partial charge in [0.05, 0.1) is 46.1 Å². The zero-order valence-corrected chi connectivity index (χ0v) is 15.0. The lowest BCUT2D eigenvalue weighted by atomic mass is 10.2. The van der Waals surface area contributed by atoms with Crippen molar-refractivity contribution < 1.29 is 33.6 Å². The first kappa shape index (κ1) is 23.9. The summed E-state index contributed by atoms with van der Waals surface area (Å²) in [5.41, 5.74) is 0. The quantitative estimate of drug-likeness (QED) is 0.285. The number of carboxylic acids is 1. The molecule has 0 radical (unpaired) electrons. The van der Waals surface area contributed by atoms with Gasteiger partial charge in [-0.25, -0.2) is 0 Å². The van der Waals surface area contributed by atoms with Crippen LogP contribution in [0.5, 0.6) is 0 Å². The number of carbonyl (C=O) groups excluding carboxylic acids is 1. The molecule has 0 aromatic rings. The van der Waals surface area contributed by atoms with Crippen LogP contribution in [0.4, 0.5) is 0 Å². The van der Waals surface area contributed by atoms with Crippen molar-refractivity contribution in [3.8, 4) is 24.7 Å². The summed E-state index contributed by atoms with van der Waals surface area (Å²) in [6.45, 7) is 3.22. The average molecular weight is 369 g/mol. The maximum atomic E-state index is 12.1. The summed E-state index contributed by atoms with van der Waals surface area (Å²) in [4.78, 5) is 24.3. The Bertz CT molecular complexity index is 439. The van der Waals surface area contributed by atoms with Crippen molar-refractivity contribution in [1.82, 2.24) is 4.90 Å². The predicted octanol–water partition coefficient (Wildman–Crippen LogP) is 0.0126. The van der Waals surface area contributed by atoms with Crippen molar-refractivity contribution in [3.63, 3.8) is 0 Å². The minimum absolute atomic E-state index is 0.0636. The Balaban J connectivity index is 4.05. The number of rotatable bonds is 17. The van der Waals surface area contributed by atoms with E-state index in [1.165, 1.54) is 4.90 Å². The summed E-state index contributed by atoms with van der Waals surface area (Å²) < 4.78 is 20.9. The molecule has 0 saturated heterocycles. The highest BCUT2D eigenvalue weighted by molar-refractivity contribution is 5.80. The summed E-state index contributed by atoms with van der Waals surface area (Å²) in [5, 5.41) is 8.70. The van der Waals surface area contributed by atoms with Gasteiger partial charge in [-0.05, 0) is 0 Å². The summed E-state index contributed by atoms with van der Waals surface area (Å²) in [7, 11) is 0. The molecular formula is C18H27NO7. The first-order valence-electron chi connectivity index (χ1n) is 8.29. The molecule has 0 aliphatic heterocycles. The van der Waals surface area contributed by atoms with E-state index in [1.807, 2.05) is 0 Å². The number of carboxylic acid groups (broad SMARTS) is 1. The van der Waals surface area contributed by atoms with Crippen LogP contribution in [-0.4, -0.2) is 87.8 Å². The number of hydrogen-bond acceptors (Lipinski definition) is 6. The van der Waals surface area contributed by atoms with E-state index in [0.717, 1.165) is 0 Å². The molecule has 0 unspecified atom stereocenters. The summed E-state index contributed by atoms with van der Waals surface area (Å²) >= 11 is 0. The zero-order valence-electron chi connectivity index (χ0n) is 15.0. The van der Waals surface area contributed by atoms with Crippen molar-refractivity contribution in [2.24, 2.45) is 0 Å². The average Bonchev–Trinajstić information content (AvgIpc) is 2.62. The second kappa shape index (κ2) is 17.7. The second-order valence-electron chi connectivity index (χ2n) is 5.01. The van der Waals surface area contributed by atoms with E-state index in [-0.39, 0.29) is 32.0 Å². The SMILES string of the molecule is C#CCOCCOCCN(CCOCCOCC#C)C(=O)CCC(=O)O. The molecule has 0 atom stereocenters. The largest absolute Gasteiger partial charge is 0.481 e. The number of aliphatic carboxylic acids is 1. The molecule has 0 spiro atoms. The van der Waals surface area contributed by atoms with Gasteiger partial charge in [-0.15, -0.1) is 12.8 Å². The standard InChI is InChI=1S/C18H27NO7/c1-3-9-23-13-15-25-11-7-19(17(20)5-6-18(21)22)8-12-26-16-14-24-10-4-2/h1-2H,5-16H2,(H,21,22). The van der Waals surface area contributed by atoms with Crippen LogP contribution in [0.3, 0.4) is 0 Å². The highest BCUT2D eigenvalue weighted by Gasteiger charge is 2.14. The van der Waals surface area contributed by atoms with Gasteiger partial charge in [0.1, 0.15) is 13.2 Å². The molecule has 8 heteroatoms. The van der Waals surface area contributed by atoms with Crippen molar-refractivity contribution in [1.29, 1.82) is 0 Å². The van der Waals surface area contributed by atoms with E-state index in [9.17, 15) is 9.59 Å². The fourth-order valence-corrected chi connectivity index (χ4v) is 1.78. The lowest BCUT2D eigenvalue weighted by molar-refractivity contribution is -0.141. The molecule has 146 valence electrons. The molecular weight excluding hydrogens is 342 g/mol. The van der Waals surface area contributed by atoms with Crippen molar-refractivity contribution >= 4 is 11.9 Å². The first-order chi connectivity index (χ1) is 12.6. The van der Waals surface area contributed by atoms with Gasteiger partial charge in [-0.2, -0.15) is 0 Å². The Morgan fingerprint density at radius 2 is 1.23 bits per heavy atom. The lowest BCUT2D eigenvalue weighted by Gasteiger charge is -2.22. The molecule has 26 heavy (non-hydrogen) atoms. The Morgan fingerprint density at radius 3 is 1.65 bits per heavy atom. The zero-order chi connectivity index (χ0) is 19.5. The molecule has 0 aliphatic carbocycles. The van der Waals surface area contributed by atoms with Crippen molar-refractivity contribution in [2.45, 2.75) is 12.8 Å². The predicted molar refractivity (Wildman–Crippen MR) is 94.4 cm³/mol. The molecule has 1 N–H and O–H groups in total. The Hall–Kier alpha value is -2.10. The highest BCUT2D eigenvalue weighted by Crippen LogP contribution is 1.99. The van der Waals surface area contributed by atoms with E-state index in [1.54, 1.807) is 0 Å². The number of ether oxygens (including phenoxy) is 4. The second-order valence-corrected chi connectivity index (χ2v) is 5.01. The van der Waals surface area contributed by atoms with E-state index in [2.05, 4.69) is 11.8 Å². The van der Waals surface area contributed by atoms with Crippen LogP contribution in [0.1, 0.15) is 12.8 Å². The molecule has 0 aromatic carbocycles. The maximum Gasteiger partial charge on any atom is 0.303 e. The van der Waals surface area contributed by atoms with Gasteiger partial charge in [-0.1, -0.05) is 11.8 Å². The van der Waals surface area contributed by atoms with Crippen LogP contribution in [0.15, 0.2) is 0 Å². The van der Waals surface area contributed by atoms with Crippen LogP contribution in [0, 0.1) is 24.7 Å². The van der Waals surface area contributed by atoms with Gasteiger partial charge in [0.15, 0.2) is 0 Å². The number of hydrogen-bond donors (Lipinski definition) is 1. The van der Waals surface area contributed by atoms with Crippen LogP contribution in [0.25, 0.3) is 0 Å². The monoisotopic (exact) mass is 369 g/mol. The number of terminal acetylenes is 2. The van der Waals surface area contributed by atoms with Gasteiger partial charge in [-0.3, -0.25) is 9.59 Å². The minimum atomic E-state index is -1.01. The molecule has 0 aromatic heterocycles. The van der Waals surface area contributed by atoms with Gasteiger partial charge in [0, 0.05) is 19.5 Å². The Kier molecular flexibility index (Phi) is 16.3. The van der Waals surface area contributed by atoms with Crippen LogP contribution < -0.4 is 0 Å².